The fourth-order valence-electron chi connectivity index (χ4n) is 3.14. The molecule has 1 fully saturated rings. The lowest BCUT2D eigenvalue weighted by molar-refractivity contribution is -0.140. The predicted molar refractivity (Wildman–Crippen MR) is 107 cm³/mol. The van der Waals surface area contributed by atoms with Crippen molar-refractivity contribution in [2.24, 2.45) is 0 Å². The van der Waals surface area contributed by atoms with Crippen LogP contribution in [-0.2, 0) is 24.3 Å². The van der Waals surface area contributed by atoms with Crippen LogP contribution in [0.4, 0.5) is 0 Å². The number of nitrogens with one attached hydrogen (secondary N) is 2. The first-order chi connectivity index (χ1) is 14.4. The maximum Gasteiger partial charge on any atom is 0.309 e. The molecule has 10 nitrogen and oxygen atoms in total. The highest BCUT2D eigenvalue weighted by Crippen LogP contribution is 2.34. The first-order valence-corrected chi connectivity index (χ1v) is 11.5. The highest BCUT2D eigenvalue weighted by Gasteiger charge is 2.35. The average Bonchev–Trinajstić information content (AvgIpc) is 2.77. The van der Waals surface area contributed by atoms with Crippen molar-refractivity contribution < 1.29 is 32.2 Å². The molecule has 2 aliphatic rings. The van der Waals surface area contributed by atoms with Crippen molar-refractivity contribution in [3.05, 3.63) is 18.2 Å². The van der Waals surface area contributed by atoms with E-state index in [1.165, 1.54) is 16.4 Å². The van der Waals surface area contributed by atoms with Gasteiger partial charge in [0.15, 0.2) is 11.5 Å². The third-order valence-electron chi connectivity index (χ3n) is 4.73. The molecule has 1 atom stereocenters. The van der Waals surface area contributed by atoms with Crippen LogP contribution in [0.25, 0.3) is 0 Å². The zero-order chi connectivity index (χ0) is 21.6. The highest BCUT2D eigenvalue weighted by molar-refractivity contribution is 7.89. The van der Waals surface area contributed by atoms with Gasteiger partial charge < -0.3 is 24.8 Å². The molecule has 166 valence electrons. The molecule has 0 bridgehead atoms. The number of unbranched alkanes of at least 4 members (excludes halogenated alkanes) is 1. The van der Waals surface area contributed by atoms with Crippen molar-refractivity contribution in [1.29, 1.82) is 0 Å². The third kappa shape index (κ3) is 5.21. The second-order valence-electron chi connectivity index (χ2n) is 6.92. The van der Waals surface area contributed by atoms with Crippen LogP contribution in [0.15, 0.2) is 23.1 Å². The maximum absolute atomic E-state index is 13.2. The molecule has 0 aromatic heterocycles. The average molecular weight is 442 g/mol. The Morgan fingerprint density at radius 2 is 1.83 bits per heavy atom. The molecule has 1 aromatic carbocycles. The molecule has 2 heterocycles. The van der Waals surface area contributed by atoms with Gasteiger partial charge in [-0.3, -0.25) is 9.59 Å². The molecule has 1 aromatic rings. The van der Waals surface area contributed by atoms with Crippen LogP contribution in [0.3, 0.4) is 0 Å². The summed E-state index contributed by atoms with van der Waals surface area (Å²) in [5.74, 6) is -0.709. The number of nitrogens with zero attached hydrogens (tertiary/aromatic N) is 1. The van der Waals surface area contributed by atoms with Gasteiger partial charge in [0.25, 0.3) is 0 Å². The number of hydrogen-bond donors (Lipinski definition) is 2. The van der Waals surface area contributed by atoms with Gasteiger partial charge in [-0.25, -0.2) is 8.42 Å². The van der Waals surface area contributed by atoms with E-state index in [-0.39, 0.29) is 18.0 Å². The van der Waals surface area contributed by atoms with Crippen molar-refractivity contribution in [1.82, 2.24) is 14.9 Å². The molecule has 1 saturated heterocycles. The number of ether oxygens (including phenoxy) is 3. The van der Waals surface area contributed by atoms with Gasteiger partial charge in [-0.05, 0) is 25.0 Å². The second kappa shape index (κ2) is 10.1. The lowest BCUT2D eigenvalue weighted by Gasteiger charge is -2.34. The van der Waals surface area contributed by atoms with E-state index < -0.39 is 28.1 Å². The van der Waals surface area contributed by atoms with E-state index in [0.717, 1.165) is 12.8 Å². The van der Waals surface area contributed by atoms with Crippen LogP contribution < -0.4 is 20.1 Å². The van der Waals surface area contributed by atoms with E-state index in [0.29, 0.717) is 44.3 Å². The quantitative estimate of drug-likeness (QED) is 0.459. The lowest BCUT2D eigenvalue weighted by atomic mass is 10.3. The van der Waals surface area contributed by atoms with Crippen LogP contribution in [0.2, 0.25) is 0 Å². The fraction of sp³-hybridized carbons (Fsp3) is 0.579. The SMILES string of the molecule is CCCCNC(=O)C(=O)NC[C@H]1OCCCN1S(=O)(=O)c1ccc2c(c1)OCCO2. The van der Waals surface area contributed by atoms with Crippen LogP contribution in [-0.4, -0.2) is 70.2 Å². The van der Waals surface area contributed by atoms with Crippen LogP contribution >= 0.6 is 0 Å². The molecular formula is C19H27N3O7S. The number of benzene rings is 1. The summed E-state index contributed by atoms with van der Waals surface area (Å²) in [4.78, 5) is 23.8. The van der Waals surface area contributed by atoms with Crippen molar-refractivity contribution in [2.75, 3.05) is 39.5 Å². The molecule has 30 heavy (non-hydrogen) atoms. The van der Waals surface area contributed by atoms with E-state index in [9.17, 15) is 18.0 Å². The standard InChI is InChI=1S/C19H27N3O7S/c1-2-3-7-20-18(23)19(24)21-13-17-22(8-4-9-29-17)30(25,26)14-5-6-15-16(12-14)28-11-10-27-15/h5-6,12,17H,2-4,7-11,13H2,1H3,(H,20,23)(H,21,24)/t17-/m1/s1. The molecule has 2 aliphatic heterocycles. The largest absolute Gasteiger partial charge is 0.486 e. The summed E-state index contributed by atoms with van der Waals surface area (Å²) in [6.07, 6.45) is 1.27. The fourth-order valence-corrected chi connectivity index (χ4v) is 4.72. The number of carbonyl (C=O) groups is 2. The van der Waals surface area contributed by atoms with Gasteiger partial charge in [0, 0.05) is 19.2 Å². The zero-order valence-electron chi connectivity index (χ0n) is 16.9. The van der Waals surface area contributed by atoms with Gasteiger partial charge in [-0.2, -0.15) is 4.31 Å². The van der Waals surface area contributed by atoms with E-state index in [1.807, 2.05) is 6.92 Å². The summed E-state index contributed by atoms with van der Waals surface area (Å²) in [6, 6.07) is 4.44. The first kappa shape index (κ1) is 22.3. The molecule has 2 N–H and O–H groups in total. The Balaban J connectivity index is 1.67. The molecule has 3 rings (SSSR count). The molecule has 0 unspecified atom stereocenters. The lowest BCUT2D eigenvalue weighted by Crippen LogP contribution is -2.53. The van der Waals surface area contributed by atoms with Gasteiger partial charge in [0.05, 0.1) is 18.0 Å². The summed E-state index contributed by atoms with van der Waals surface area (Å²) in [7, 11) is -3.91. The molecule has 2 amide bonds. The number of hydrogen-bond acceptors (Lipinski definition) is 7. The van der Waals surface area contributed by atoms with E-state index >= 15 is 0 Å². The minimum absolute atomic E-state index is 0.0471. The Labute approximate surface area is 175 Å². The van der Waals surface area contributed by atoms with E-state index in [4.69, 9.17) is 14.2 Å². The van der Waals surface area contributed by atoms with Crippen molar-refractivity contribution in [3.8, 4) is 11.5 Å². The number of sulfonamides is 1. The first-order valence-electron chi connectivity index (χ1n) is 10.0. The van der Waals surface area contributed by atoms with E-state index in [2.05, 4.69) is 10.6 Å². The van der Waals surface area contributed by atoms with Crippen molar-refractivity contribution in [2.45, 2.75) is 37.3 Å². The van der Waals surface area contributed by atoms with E-state index in [1.54, 1.807) is 6.07 Å². The minimum Gasteiger partial charge on any atom is -0.486 e. The van der Waals surface area contributed by atoms with Gasteiger partial charge in [-0.15, -0.1) is 0 Å². The van der Waals surface area contributed by atoms with Crippen LogP contribution in [0.5, 0.6) is 11.5 Å². The Bertz CT molecular complexity index is 875. The molecule has 11 heteroatoms. The Kier molecular flexibility index (Phi) is 7.51. The Morgan fingerprint density at radius 1 is 1.10 bits per heavy atom. The summed E-state index contributed by atoms with van der Waals surface area (Å²) in [5, 5.41) is 4.97. The topological polar surface area (TPSA) is 123 Å². The Hall–Kier alpha value is -2.37. The van der Waals surface area contributed by atoms with Crippen LogP contribution in [0.1, 0.15) is 26.2 Å². The number of rotatable bonds is 7. The summed E-state index contributed by atoms with van der Waals surface area (Å²) in [5.41, 5.74) is 0. The number of amides is 2. The maximum atomic E-state index is 13.2. The smallest absolute Gasteiger partial charge is 0.309 e. The molecule has 0 spiro atoms. The normalized spacial score (nSPS) is 19.2. The number of carbonyl (C=O) groups excluding carboxylic acids is 2. The van der Waals surface area contributed by atoms with Gasteiger partial charge in [0.1, 0.15) is 19.4 Å². The molecule has 0 saturated carbocycles. The van der Waals surface area contributed by atoms with Gasteiger partial charge in [-0.1, -0.05) is 13.3 Å². The van der Waals surface area contributed by atoms with Crippen molar-refractivity contribution in [3.63, 3.8) is 0 Å². The van der Waals surface area contributed by atoms with Gasteiger partial charge in [0.2, 0.25) is 10.0 Å². The monoisotopic (exact) mass is 441 g/mol. The molecule has 0 radical (unpaired) electrons. The summed E-state index contributed by atoms with van der Waals surface area (Å²) in [6.45, 7) is 3.60. The molecular weight excluding hydrogens is 414 g/mol. The minimum atomic E-state index is -3.91. The zero-order valence-corrected chi connectivity index (χ0v) is 17.7. The molecule has 0 aliphatic carbocycles. The second-order valence-corrected chi connectivity index (χ2v) is 8.81. The number of fused-ring (bicyclic) bond motifs is 1. The van der Waals surface area contributed by atoms with Crippen LogP contribution in [0, 0.1) is 0 Å². The predicted octanol–water partition coefficient (Wildman–Crippen LogP) is 0.227. The third-order valence-corrected chi connectivity index (χ3v) is 6.62. The Morgan fingerprint density at radius 3 is 2.60 bits per heavy atom. The van der Waals surface area contributed by atoms with Crippen molar-refractivity contribution >= 4 is 21.8 Å². The summed E-state index contributed by atoms with van der Waals surface area (Å²) >= 11 is 0. The van der Waals surface area contributed by atoms with Gasteiger partial charge >= 0.3 is 11.8 Å². The summed E-state index contributed by atoms with van der Waals surface area (Å²) < 4.78 is 44.1. The highest BCUT2D eigenvalue weighted by atomic mass is 32.2.